The maximum atomic E-state index is 11.4. The van der Waals surface area contributed by atoms with E-state index in [4.69, 9.17) is 11.6 Å². The Labute approximate surface area is 146 Å². The normalized spacial score (nSPS) is 15.3. The average Bonchev–Trinajstić information content (AvgIpc) is 2.64. The fourth-order valence-electron chi connectivity index (χ4n) is 2.69. The summed E-state index contributed by atoms with van der Waals surface area (Å²) in [5.41, 5.74) is 1.48. The van der Waals surface area contributed by atoms with Crippen LogP contribution in [0.3, 0.4) is 0 Å². The number of ether oxygens (including phenoxy) is 1. The predicted octanol–water partition coefficient (Wildman–Crippen LogP) is 2.24. The SMILES string of the molecule is COC(=O)c1ccc(N2CCN(Cc3ccc(Cl)cc3)CC2)nn1. The number of esters is 1. The van der Waals surface area contributed by atoms with Crippen LogP contribution < -0.4 is 4.90 Å². The number of piperazine rings is 1. The van der Waals surface area contributed by atoms with Crippen molar-refractivity contribution in [2.75, 3.05) is 38.2 Å². The van der Waals surface area contributed by atoms with Crippen molar-refractivity contribution < 1.29 is 9.53 Å². The zero-order valence-corrected chi connectivity index (χ0v) is 14.2. The van der Waals surface area contributed by atoms with Gasteiger partial charge in [0.15, 0.2) is 11.5 Å². The van der Waals surface area contributed by atoms with E-state index in [-0.39, 0.29) is 5.69 Å². The van der Waals surface area contributed by atoms with Gasteiger partial charge in [-0.15, -0.1) is 10.2 Å². The second-order valence-corrected chi connectivity index (χ2v) is 6.09. The molecule has 1 saturated heterocycles. The van der Waals surface area contributed by atoms with Crippen molar-refractivity contribution in [3.8, 4) is 0 Å². The lowest BCUT2D eigenvalue weighted by atomic mass is 10.2. The molecule has 1 aliphatic rings. The van der Waals surface area contributed by atoms with Crippen molar-refractivity contribution in [1.29, 1.82) is 0 Å². The van der Waals surface area contributed by atoms with E-state index in [0.29, 0.717) is 0 Å². The summed E-state index contributed by atoms with van der Waals surface area (Å²) in [5.74, 6) is 0.315. The van der Waals surface area contributed by atoms with E-state index in [0.717, 1.165) is 43.6 Å². The Kier molecular flexibility index (Phi) is 5.27. The van der Waals surface area contributed by atoms with Crippen molar-refractivity contribution >= 4 is 23.4 Å². The molecular weight excluding hydrogens is 328 g/mol. The lowest BCUT2D eigenvalue weighted by molar-refractivity contribution is 0.0592. The zero-order chi connectivity index (χ0) is 16.9. The molecule has 0 radical (unpaired) electrons. The fraction of sp³-hybridized carbons (Fsp3) is 0.353. The molecule has 0 unspecified atom stereocenters. The Morgan fingerprint density at radius 3 is 2.38 bits per heavy atom. The average molecular weight is 347 g/mol. The Hall–Kier alpha value is -2.18. The number of hydrogen-bond donors (Lipinski definition) is 0. The number of anilines is 1. The van der Waals surface area contributed by atoms with Gasteiger partial charge < -0.3 is 9.64 Å². The van der Waals surface area contributed by atoms with Crippen LogP contribution >= 0.6 is 11.6 Å². The topological polar surface area (TPSA) is 58.6 Å². The Balaban J connectivity index is 1.54. The van der Waals surface area contributed by atoms with Gasteiger partial charge >= 0.3 is 5.97 Å². The zero-order valence-electron chi connectivity index (χ0n) is 13.5. The van der Waals surface area contributed by atoms with Gasteiger partial charge in [-0.2, -0.15) is 0 Å². The van der Waals surface area contributed by atoms with Crippen molar-refractivity contribution in [3.63, 3.8) is 0 Å². The van der Waals surface area contributed by atoms with Crippen molar-refractivity contribution in [2.45, 2.75) is 6.54 Å². The Morgan fingerprint density at radius 2 is 1.79 bits per heavy atom. The Morgan fingerprint density at radius 1 is 1.08 bits per heavy atom. The summed E-state index contributed by atoms with van der Waals surface area (Å²) in [6.45, 7) is 4.56. The number of benzene rings is 1. The van der Waals surface area contributed by atoms with Crippen LogP contribution in [0.4, 0.5) is 5.82 Å². The number of nitrogens with zero attached hydrogens (tertiary/aromatic N) is 4. The number of carbonyl (C=O) groups is 1. The number of hydrogen-bond acceptors (Lipinski definition) is 6. The first-order valence-corrected chi connectivity index (χ1v) is 8.17. The molecule has 24 heavy (non-hydrogen) atoms. The number of methoxy groups -OCH3 is 1. The highest BCUT2D eigenvalue weighted by Crippen LogP contribution is 2.16. The number of aromatic nitrogens is 2. The predicted molar refractivity (Wildman–Crippen MR) is 92.3 cm³/mol. The van der Waals surface area contributed by atoms with Gasteiger partial charge in [-0.1, -0.05) is 23.7 Å². The summed E-state index contributed by atoms with van der Waals surface area (Å²) >= 11 is 5.92. The van der Waals surface area contributed by atoms with Gasteiger partial charge in [0.2, 0.25) is 0 Å². The summed E-state index contributed by atoms with van der Waals surface area (Å²) in [5, 5.41) is 8.82. The molecular formula is C17H19ClN4O2. The summed E-state index contributed by atoms with van der Waals surface area (Å²) < 4.78 is 4.63. The van der Waals surface area contributed by atoms with E-state index in [1.165, 1.54) is 12.7 Å². The molecule has 0 N–H and O–H groups in total. The van der Waals surface area contributed by atoms with E-state index >= 15 is 0 Å². The van der Waals surface area contributed by atoms with Crippen LogP contribution in [0.2, 0.25) is 5.02 Å². The molecule has 0 saturated carbocycles. The smallest absolute Gasteiger partial charge is 0.358 e. The second kappa shape index (κ2) is 7.59. The van der Waals surface area contributed by atoms with Crippen LogP contribution in [0.15, 0.2) is 36.4 Å². The maximum Gasteiger partial charge on any atom is 0.358 e. The molecule has 1 aromatic heterocycles. The second-order valence-electron chi connectivity index (χ2n) is 5.66. The van der Waals surface area contributed by atoms with Crippen molar-refractivity contribution in [3.05, 3.63) is 52.7 Å². The van der Waals surface area contributed by atoms with E-state index in [1.54, 1.807) is 6.07 Å². The summed E-state index contributed by atoms with van der Waals surface area (Å²) in [6.07, 6.45) is 0. The van der Waals surface area contributed by atoms with Gasteiger partial charge in [0.05, 0.1) is 7.11 Å². The Bertz CT molecular complexity index is 683. The van der Waals surface area contributed by atoms with Crippen LogP contribution in [0.25, 0.3) is 0 Å². The first kappa shape index (κ1) is 16.7. The number of rotatable bonds is 4. The van der Waals surface area contributed by atoms with Crippen LogP contribution in [-0.4, -0.2) is 54.4 Å². The van der Waals surface area contributed by atoms with E-state index in [1.807, 2.05) is 18.2 Å². The first-order valence-electron chi connectivity index (χ1n) is 7.79. The summed E-state index contributed by atoms with van der Waals surface area (Å²) in [6, 6.07) is 11.4. The third-order valence-corrected chi connectivity index (χ3v) is 4.31. The third-order valence-electron chi connectivity index (χ3n) is 4.06. The summed E-state index contributed by atoms with van der Waals surface area (Å²) in [4.78, 5) is 16.0. The molecule has 1 aromatic carbocycles. The molecule has 0 bridgehead atoms. The minimum Gasteiger partial charge on any atom is -0.464 e. The van der Waals surface area contributed by atoms with Gasteiger partial charge in [-0.05, 0) is 29.8 Å². The fourth-order valence-corrected chi connectivity index (χ4v) is 2.82. The van der Waals surface area contributed by atoms with E-state index < -0.39 is 5.97 Å². The quantitative estimate of drug-likeness (QED) is 0.791. The summed E-state index contributed by atoms with van der Waals surface area (Å²) in [7, 11) is 1.33. The van der Waals surface area contributed by atoms with E-state index in [9.17, 15) is 4.79 Å². The van der Waals surface area contributed by atoms with Gasteiger partial charge in [-0.25, -0.2) is 4.79 Å². The largest absolute Gasteiger partial charge is 0.464 e. The van der Waals surface area contributed by atoms with Gasteiger partial charge in [0, 0.05) is 37.7 Å². The number of halogens is 1. The van der Waals surface area contributed by atoms with Crippen molar-refractivity contribution in [2.24, 2.45) is 0 Å². The monoisotopic (exact) mass is 346 g/mol. The van der Waals surface area contributed by atoms with Gasteiger partial charge in [0.25, 0.3) is 0 Å². The van der Waals surface area contributed by atoms with Crippen LogP contribution in [0.5, 0.6) is 0 Å². The highest BCUT2D eigenvalue weighted by Gasteiger charge is 2.19. The van der Waals surface area contributed by atoms with Gasteiger partial charge in [0.1, 0.15) is 0 Å². The van der Waals surface area contributed by atoms with Crippen LogP contribution in [-0.2, 0) is 11.3 Å². The molecule has 0 amide bonds. The number of carbonyl (C=O) groups excluding carboxylic acids is 1. The van der Waals surface area contributed by atoms with Crippen LogP contribution in [0, 0.1) is 0 Å². The molecule has 6 nitrogen and oxygen atoms in total. The standard InChI is InChI=1S/C17H19ClN4O2/c1-24-17(23)15-6-7-16(20-19-15)22-10-8-21(9-11-22)12-13-2-4-14(18)5-3-13/h2-7H,8-12H2,1H3. The molecule has 7 heteroatoms. The van der Waals surface area contributed by atoms with Crippen LogP contribution in [0.1, 0.15) is 16.1 Å². The highest BCUT2D eigenvalue weighted by molar-refractivity contribution is 6.30. The minimum atomic E-state index is -0.471. The lowest BCUT2D eigenvalue weighted by Gasteiger charge is -2.35. The first-order chi connectivity index (χ1) is 11.7. The minimum absolute atomic E-state index is 0.225. The molecule has 1 aliphatic heterocycles. The highest BCUT2D eigenvalue weighted by atomic mass is 35.5. The molecule has 126 valence electrons. The maximum absolute atomic E-state index is 11.4. The molecule has 2 heterocycles. The van der Waals surface area contributed by atoms with Crippen molar-refractivity contribution in [1.82, 2.24) is 15.1 Å². The molecule has 2 aromatic rings. The molecule has 0 aliphatic carbocycles. The molecule has 1 fully saturated rings. The molecule has 0 spiro atoms. The molecule has 3 rings (SSSR count). The molecule has 0 atom stereocenters. The van der Waals surface area contributed by atoms with Gasteiger partial charge in [-0.3, -0.25) is 4.90 Å². The third kappa shape index (κ3) is 4.01. The van der Waals surface area contributed by atoms with E-state index in [2.05, 4.69) is 36.9 Å². The lowest BCUT2D eigenvalue weighted by Crippen LogP contribution is -2.46.